The number of amides is 2. The lowest BCUT2D eigenvalue weighted by Gasteiger charge is -2.29. The zero-order valence-electron chi connectivity index (χ0n) is 13.5. The fraction of sp³-hybridized carbons (Fsp3) is 0.368. The molecular formula is C19H20N2O2S. The van der Waals surface area contributed by atoms with E-state index in [1.807, 2.05) is 40.1 Å². The number of rotatable bonds is 3. The lowest BCUT2D eigenvalue weighted by Crippen LogP contribution is -2.40. The van der Waals surface area contributed by atoms with Gasteiger partial charge in [-0.1, -0.05) is 30.3 Å². The van der Waals surface area contributed by atoms with Crippen molar-refractivity contribution in [1.29, 1.82) is 0 Å². The lowest BCUT2D eigenvalue weighted by molar-refractivity contribution is -0.136. The van der Waals surface area contributed by atoms with Crippen molar-refractivity contribution < 1.29 is 9.59 Å². The Morgan fingerprint density at radius 3 is 2.88 bits per heavy atom. The molecule has 3 heterocycles. The molecule has 4 rings (SSSR count). The second-order valence-corrected chi connectivity index (χ2v) is 7.54. The van der Waals surface area contributed by atoms with Crippen LogP contribution in [0.25, 0.3) is 0 Å². The molecule has 0 saturated carbocycles. The molecule has 1 aromatic heterocycles. The fourth-order valence-corrected chi connectivity index (χ4v) is 4.48. The van der Waals surface area contributed by atoms with Gasteiger partial charge in [-0.2, -0.15) is 0 Å². The predicted octanol–water partition coefficient (Wildman–Crippen LogP) is 2.68. The molecule has 2 aliphatic heterocycles. The molecule has 2 amide bonds. The van der Waals surface area contributed by atoms with Crippen LogP contribution in [0.2, 0.25) is 0 Å². The Balaban J connectivity index is 1.40. The summed E-state index contributed by atoms with van der Waals surface area (Å²) in [5.41, 5.74) is 2.38. The fourth-order valence-electron chi connectivity index (χ4n) is 3.59. The number of thiophene rings is 1. The SMILES string of the molecule is O=C1C[C@@H](C(=O)N2CCc3sccc3C2)CN1Cc1ccccc1. The van der Waals surface area contributed by atoms with Gasteiger partial charge in [0.2, 0.25) is 11.8 Å². The van der Waals surface area contributed by atoms with Gasteiger partial charge in [-0.3, -0.25) is 9.59 Å². The molecule has 1 atom stereocenters. The molecule has 0 bridgehead atoms. The minimum atomic E-state index is -0.193. The van der Waals surface area contributed by atoms with Gasteiger partial charge in [0.15, 0.2) is 0 Å². The van der Waals surface area contributed by atoms with Crippen LogP contribution in [0.1, 0.15) is 22.4 Å². The molecule has 124 valence electrons. The van der Waals surface area contributed by atoms with Crippen molar-refractivity contribution >= 4 is 23.2 Å². The van der Waals surface area contributed by atoms with Crippen LogP contribution in [-0.2, 0) is 29.1 Å². The molecule has 24 heavy (non-hydrogen) atoms. The van der Waals surface area contributed by atoms with Crippen molar-refractivity contribution in [2.75, 3.05) is 13.1 Å². The van der Waals surface area contributed by atoms with Crippen molar-refractivity contribution in [3.8, 4) is 0 Å². The Bertz CT molecular complexity index is 756. The van der Waals surface area contributed by atoms with Gasteiger partial charge in [-0.25, -0.2) is 0 Å². The van der Waals surface area contributed by atoms with E-state index in [0.29, 0.717) is 26.1 Å². The van der Waals surface area contributed by atoms with Gasteiger partial charge in [0.25, 0.3) is 0 Å². The standard InChI is InChI=1S/C19H20N2O2S/c22-18-10-16(13-21(18)11-14-4-2-1-3-5-14)19(23)20-8-6-17-15(12-20)7-9-24-17/h1-5,7,9,16H,6,8,10-13H2/t16-/m1/s1. The third-order valence-electron chi connectivity index (χ3n) is 4.90. The molecule has 2 aliphatic rings. The van der Waals surface area contributed by atoms with Crippen molar-refractivity contribution in [3.05, 3.63) is 57.8 Å². The third-order valence-corrected chi connectivity index (χ3v) is 5.92. The largest absolute Gasteiger partial charge is 0.338 e. The third kappa shape index (κ3) is 2.96. The molecule has 0 radical (unpaired) electrons. The maximum atomic E-state index is 12.8. The first-order valence-corrected chi connectivity index (χ1v) is 9.24. The topological polar surface area (TPSA) is 40.6 Å². The smallest absolute Gasteiger partial charge is 0.228 e. The van der Waals surface area contributed by atoms with Crippen LogP contribution in [0.3, 0.4) is 0 Å². The highest BCUT2D eigenvalue weighted by atomic mass is 32.1. The molecule has 0 spiro atoms. The van der Waals surface area contributed by atoms with Crippen LogP contribution in [0, 0.1) is 5.92 Å². The lowest BCUT2D eigenvalue weighted by atomic mass is 10.0. The van der Waals surface area contributed by atoms with E-state index in [2.05, 4.69) is 11.4 Å². The first-order chi connectivity index (χ1) is 11.7. The van der Waals surface area contributed by atoms with E-state index >= 15 is 0 Å². The van der Waals surface area contributed by atoms with E-state index in [-0.39, 0.29) is 17.7 Å². The van der Waals surface area contributed by atoms with Gasteiger partial charge in [-0.05, 0) is 29.0 Å². The maximum absolute atomic E-state index is 12.8. The Morgan fingerprint density at radius 2 is 2.04 bits per heavy atom. The van der Waals surface area contributed by atoms with Gasteiger partial charge in [0.05, 0.1) is 5.92 Å². The highest BCUT2D eigenvalue weighted by Crippen LogP contribution is 2.28. The number of likely N-dealkylation sites (tertiary alicyclic amines) is 1. The maximum Gasteiger partial charge on any atom is 0.228 e. The number of nitrogens with zero attached hydrogens (tertiary/aromatic N) is 2. The minimum absolute atomic E-state index is 0.0884. The molecule has 0 aliphatic carbocycles. The van der Waals surface area contributed by atoms with Gasteiger partial charge in [0.1, 0.15) is 0 Å². The van der Waals surface area contributed by atoms with Gasteiger partial charge in [-0.15, -0.1) is 11.3 Å². The highest BCUT2D eigenvalue weighted by molar-refractivity contribution is 7.10. The van der Waals surface area contributed by atoms with Crippen molar-refractivity contribution in [3.63, 3.8) is 0 Å². The summed E-state index contributed by atoms with van der Waals surface area (Å²) < 4.78 is 0. The molecule has 5 heteroatoms. The van der Waals surface area contributed by atoms with E-state index in [9.17, 15) is 9.59 Å². The number of fused-ring (bicyclic) bond motifs is 1. The van der Waals surface area contributed by atoms with Crippen molar-refractivity contribution in [1.82, 2.24) is 9.80 Å². The van der Waals surface area contributed by atoms with E-state index in [4.69, 9.17) is 0 Å². The Labute approximate surface area is 145 Å². The van der Waals surface area contributed by atoms with Crippen LogP contribution >= 0.6 is 11.3 Å². The first-order valence-electron chi connectivity index (χ1n) is 8.36. The molecule has 1 saturated heterocycles. The van der Waals surface area contributed by atoms with E-state index in [1.165, 1.54) is 10.4 Å². The summed E-state index contributed by atoms with van der Waals surface area (Å²) in [5.74, 6) is 0.0302. The number of carbonyl (C=O) groups is 2. The molecule has 0 unspecified atom stereocenters. The van der Waals surface area contributed by atoms with Crippen molar-refractivity contribution in [2.24, 2.45) is 5.92 Å². The molecule has 0 N–H and O–H groups in total. The van der Waals surface area contributed by atoms with Gasteiger partial charge in [0, 0.05) is 37.5 Å². The van der Waals surface area contributed by atoms with Crippen LogP contribution < -0.4 is 0 Å². The first kappa shape index (κ1) is 15.4. The number of benzene rings is 1. The van der Waals surface area contributed by atoms with Crippen LogP contribution in [0.15, 0.2) is 41.8 Å². The highest BCUT2D eigenvalue weighted by Gasteiger charge is 2.37. The molecular weight excluding hydrogens is 320 g/mol. The zero-order valence-corrected chi connectivity index (χ0v) is 14.3. The van der Waals surface area contributed by atoms with E-state index < -0.39 is 0 Å². The van der Waals surface area contributed by atoms with Crippen LogP contribution in [0.5, 0.6) is 0 Å². The molecule has 2 aromatic rings. The second kappa shape index (κ2) is 6.40. The van der Waals surface area contributed by atoms with Gasteiger partial charge < -0.3 is 9.80 Å². The quantitative estimate of drug-likeness (QED) is 0.862. The normalized spacial score (nSPS) is 20.3. The number of hydrogen-bond acceptors (Lipinski definition) is 3. The summed E-state index contributed by atoms with van der Waals surface area (Å²) in [6.45, 7) is 2.61. The summed E-state index contributed by atoms with van der Waals surface area (Å²) in [6, 6.07) is 12.1. The van der Waals surface area contributed by atoms with Crippen LogP contribution in [-0.4, -0.2) is 34.7 Å². The monoisotopic (exact) mass is 340 g/mol. The Kier molecular flexibility index (Phi) is 4.10. The predicted molar refractivity (Wildman–Crippen MR) is 93.4 cm³/mol. The minimum Gasteiger partial charge on any atom is -0.338 e. The second-order valence-electron chi connectivity index (χ2n) is 6.54. The van der Waals surface area contributed by atoms with E-state index in [1.54, 1.807) is 11.3 Å². The average Bonchev–Trinajstić information content (AvgIpc) is 3.21. The molecule has 4 nitrogen and oxygen atoms in total. The summed E-state index contributed by atoms with van der Waals surface area (Å²) in [4.78, 5) is 30.3. The number of hydrogen-bond donors (Lipinski definition) is 0. The summed E-state index contributed by atoms with van der Waals surface area (Å²) in [6.07, 6.45) is 1.28. The van der Waals surface area contributed by atoms with Crippen LogP contribution in [0.4, 0.5) is 0 Å². The van der Waals surface area contributed by atoms with Crippen molar-refractivity contribution in [2.45, 2.75) is 25.9 Å². The Morgan fingerprint density at radius 1 is 1.21 bits per heavy atom. The van der Waals surface area contributed by atoms with Gasteiger partial charge >= 0.3 is 0 Å². The number of carbonyl (C=O) groups excluding carboxylic acids is 2. The summed E-state index contributed by atoms with van der Waals surface area (Å²) in [5, 5.41) is 2.10. The summed E-state index contributed by atoms with van der Waals surface area (Å²) >= 11 is 1.77. The molecule has 1 fully saturated rings. The summed E-state index contributed by atoms with van der Waals surface area (Å²) in [7, 11) is 0. The average molecular weight is 340 g/mol. The Hall–Kier alpha value is -2.14. The molecule has 1 aromatic carbocycles. The zero-order chi connectivity index (χ0) is 16.5. The van der Waals surface area contributed by atoms with E-state index in [0.717, 1.165) is 18.5 Å².